The van der Waals surface area contributed by atoms with E-state index in [1.54, 1.807) is 10.9 Å². The van der Waals surface area contributed by atoms with Crippen LogP contribution in [0.1, 0.15) is 48.2 Å². The number of furan rings is 1. The molecule has 36 heavy (non-hydrogen) atoms. The van der Waals surface area contributed by atoms with Gasteiger partial charge in [-0.05, 0) is 64.0 Å². The minimum absolute atomic E-state index is 0.0798. The summed E-state index contributed by atoms with van der Waals surface area (Å²) in [6, 6.07) is 22.0. The van der Waals surface area contributed by atoms with Crippen LogP contribution < -0.4 is 5.56 Å². The molecule has 8 nitrogen and oxygen atoms in total. The molecule has 0 amide bonds. The smallest absolute Gasteiger partial charge is 0.252 e. The second-order valence-corrected chi connectivity index (χ2v) is 9.57. The molecule has 0 aliphatic rings. The van der Waals surface area contributed by atoms with Crippen molar-refractivity contribution in [3.05, 3.63) is 112 Å². The molecule has 5 rings (SSSR count). The summed E-state index contributed by atoms with van der Waals surface area (Å²) in [5.41, 5.74) is 3.74. The number of tetrazole rings is 1. The molecule has 1 N–H and O–H groups in total. The molecule has 5 aromatic rings. The number of rotatable bonds is 9. The summed E-state index contributed by atoms with van der Waals surface area (Å²) in [6.45, 7) is 7.86. The molecule has 0 fully saturated rings. The van der Waals surface area contributed by atoms with Crippen LogP contribution in [0, 0.1) is 12.8 Å². The second kappa shape index (κ2) is 10.3. The van der Waals surface area contributed by atoms with E-state index in [2.05, 4.69) is 63.5 Å². The van der Waals surface area contributed by atoms with E-state index in [9.17, 15) is 4.79 Å². The summed E-state index contributed by atoms with van der Waals surface area (Å²) in [6.07, 6.45) is 1.65. The van der Waals surface area contributed by atoms with Gasteiger partial charge in [0, 0.05) is 24.2 Å². The molecule has 0 aliphatic carbocycles. The Morgan fingerprint density at radius 1 is 1.03 bits per heavy atom. The molecular formula is C28H30N6O2. The lowest BCUT2D eigenvalue weighted by molar-refractivity contribution is 0.125. The lowest BCUT2D eigenvalue weighted by Gasteiger charge is -2.33. The standard InChI is InChI=1S/C28H30N6O2/c1-19(2)26(27-30-31-32-34(27)18-24-10-7-13-36-24)33(16-21-8-5-4-6-9-21)17-23-15-22-12-11-20(3)14-25(22)29-28(23)35/h4-15,19,26H,16-18H2,1-3H3,(H,29,35)/t26-/m1/s1. The number of pyridine rings is 1. The van der Waals surface area contributed by atoms with Crippen LogP contribution in [-0.4, -0.2) is 30.1 Å². The van der Waals surface area contributed by atoms with Crippen molar-refractivity contribution >= 4 is 10.9 Å². The lowest BCUT2D eigenvalue weighted by atomic mass is 9.99. The molecule has 1 atom stereocenters. The van der Waals surface area contributed by atoms with Crippen LogP contribution >= 0.6 is 0 Å². The fraction of sp³-hybridized carbons (Fsp3) is 0.286. The summed E-state index contributed by atoms with van der Waals surface area (Å²) < 4.78 is 7.33. The third-order valence-electron chi connectivity index (χ3n) is 6.42. The molecule has 0 spiro atoms. The molecule has 0 radical (unpaired) electrons. The van der Waals surface area contributed by atoms with E-state index in [1.807, 2.05) is 49.4 Å². The van der Waals surface area contributed by atoms with Crippen molar-refractivity contribution < 1.29 is 4.42 Å². The maximum Gasteiger partial charge on any atom is 0.252 e. The van der Waals surface area contributed by atoms with Crippen molar-refractivity contribution in [2.24, 2.45) is 5.92 Å². The lowest BCUT2D eigenvalue weighted by Crippen LogP contribution is -2.35. The number of aromatic amines is 1. The first-order valence-corrected chi connectivity index (χ1v) is 12.2. The molecule has 0 saturated heterocycles. The van der Waals surface area contributed by atoms with Gasteiger partial charge in [0.15, 0.2) is 5.82 Å². The van der Waals surface area contributed by atoms with Crippen LogP contribution in [0.4, 0.5) is 0 Å². The van der Waals surface area contributed by atoms with Gasteiger partial charge in [0.2, 0.25) is 0 Å². The molecular weight excluding hydrogens is 452 g/mol. The number of hydrogen-bond acceptors (Lipinski definition) is 6. The average Bonchev–Trinajstić information content (AvgIpc) is 3.53. The van der Waals surface area contributed by atoms with Gasteiger partial charge in [-0.1, -0.05) is 56.3 Å². The number of benzene rings is 2. The van der Waals surface area contributed by atoms with Gasteiger partial charge in [0.1, 0.15) is 12.3 Å². The quantitative estimate of drug-likeness (QED) is 0.322. The summed E-state index contributed by atoms with van der Waals surface area (Å²) in [4.78, 5) is 18.5. The number of fused-ring (bicyclic) bond motifs is 1. The number of nitrogens with zero attached hydrogens (tertiary/aromatic N) is 5. The van der Waals surface area contributed by atoms with Crippen LogP contribution in [0.5, 0.6) is 0 Å². The van der Waals surface area contributed by atoms with Crippen LogP contribution in [0.15, 0.2) is 82.2 Å². The highest BCUT2D eigenvalue weighted by Crippen LogP contribution is 2.30. The Bertz CT molecular complexity index is 1490. The van der Waals surface area contributed by atoms with Gasteiger partial charge in [-0.3, -0.25) is 9.69 Å². The second-order valence-electron chi connectivity index (χ2n) is 9.57. The number of H-pyrrole nitrogens is 1. The van der Waals surface area contributed by atoms with Crippen LogP contribution in [0.25, 0.3) is 10.9 Å². The Balaban J connectivity index is 1.55. The minimum atomic E-state index is -0.136. The molecule has 3 heterocycles. The Morgan fingerprint density at radius 2 is 1.86 bits per heavy atom. The monoisotopic (exact) mass is 482 g/mol. The Morgan fingerprint density at radius 3 is 2.61 bits per heavy atom. The van der Waals surface area contributed by atoms with E-state index >= 15 is 0 Å². The van der Waals surface area contributed by atoms with E-state index in [0.717, 1.165) is 33.6 Å². The largest absolute Gasteiger partial charge is 0.467 e. The highest BCUT2D eigenvalue weighted by atomic mass is 16.3. The molecule has 0 unspecified atom stereocenters. The predicted octanol–water partition coefficient (Wildman–Crippen LogP) is 4.86. The molecule has 0 aliphatic heterocycles. The molecule has 0 saturated carbocycles. The zero-order chi connectivity index (χ0) is 25.1. The minimum Gasteiger partial charge on any atom is -0.467 e. The Hall–Kier alpha value is -4.04. The van der Waals surface area contributed by atoms with Gasteiger partial charge in [-0.15, -0.1) is 5.10 Å². The Kier molecular flexibility index (Phi) is 6.77. The maximum absolute atomic E-state index is 13.1. The van der Waals surface area contributed by atoms with E-state index in [4.69, 9.17) is 4.42 Å². The fourth-order valence-electron chi connectivity index (χ4n) is 4.74. The predicted molar refractivity (Wildman–Crippen MR) is 138 cm³/mol. The summed E-state index contributed by atoms with van der Waals surface area (Å²) in [5.74, 6) is 1.70. The molecule has 0 bridgehead atoms. The first-order valence-electron chi connectivity index (χ1n) is 12.2. The van der Waals surface area contributed by atoms with E-state index < -0.39 is 0 Å². The number of hydrogen-bond donors (Lipinski definition) is 1. The molecule has 3 aromatic heterocycles. The first kappa shape index (κ1) is 23.7. The van der Waals surface area contributed by atoms with Gasteiger partial charge in [-0.25, -0.2) is 4.68 Å². The van der Waals surface area contributed by atoms with Gasteiger partial charge >= 0.3 is 0 Å². The van der Waals surface area contributed by atoms with Crippen molar-refractivity contribution in [1.29, 1.82) is 0 Å². The zero-order valence-electron chi connectivity index (χ0n) is 20.8. The van der Waals surface area contributed by atoms with Gasteiger partial charge in [0.25, 0.3) is 5.56 Å². The van der Waals surface area contributed by atoms with Crippen molar-refractivity contribution in [3.8, 4) is 0 Å². The highest BCUT2D eigenvalue weighted by Gasteiger charge is 2.30. The molecule has 2 aromatic carbocycles. The summed E-state index contributed by atoms with van der Waals surface area (Å²) >= 11 is 0. The topological polar surface area (TPSA) is 92.8 Å². The van der Waals surface area contributed by atoms with Gasteiger partial charge in [-0.2, -0.15) is 0 Å². The fourth-order valence-corrected chi connectivity index (χ4v) is 4.74. The third-order valence-corrected chi connectivity index (χ3v) is 6.42. The average molecular weight is 483 g/mol. The van der Waals surface area contributed by atoms with E-state index in [-0.39, 0.29) is 17.5 Å². The van der Waals surface area contributed by atoms with E-state index in [0.29, 0.717) is 25.2 Å². The van der Waals surface area contributed by atoms with Gasteiger partial charge in [0.05, 0.1) is 12.3 Å². The zero-order valence-corrected chi connectivity index (χ0v) is 20.8. The van der Waals surface area contributed by atoms with Gasteiger partial charge < -0.3 is 9.40 Å². The highest BCUT2D eigenvalue weighted by molar-refractivity contribution is 5.79. The normalized spacial score (nSPS) is 12.6. The number of aromatic nitrogens is 5. The van der Waals surface area contributed by atoms with Crippen LogP contribution in [0.2, 0.25) is 0 Å². The van der Waals surface area contributed by atoms with Crippen LogP contribution in [0.3, 0.4) is 0 Å². The third kappa shape index (κ3) is 5.13. The van der Waals surface area contributed by atoms with Crippen molar-refractivity contribution in [2.45, 2.75) is 46.4 Å². The van der Waals surface area contributed by atoms with Crippen molar-refractivity contribution in [1.82, 2.24) is 30.1 Å². The maximum atomic E-state index is 13.1. The van der Waals surface area contributed by atoms with E-state index in [1.165, 1.54) is 0 Å². The SMILES string of the molecule is Cc1ccc2cc(CN(Cc3ccccc3)[C@@H](c3nnnn3Cc3ccco3)C(C)C)c(=O)[nH]c2c1. The molecule has 184 valence electrons. The van der Waals surface area contributed by atoms with Crippen molar-refractivity contribution in [3.63, 3.8) is 0 Å². The number of aryl methyl sites for hydroxylation is 1. The van der Waals surface area contributed by atoms with Crippen LogP contribution in [-0.2, 0) is 19.6 Å². The van der Waals surface area contributed by atoms with Crippen molar-refractivity contribution in [2.75, 3.05) is 0 Å². The summed E-state index contributed by atoms with van der Waals surface area (Å²) in [5, 5.41) is 13.7. The first-order chi connectivity index (χ1) is 17.5. The summed E-state index contributed by atoms with van der Waals surface area (Å²) in [7, 11) is 0. The Labute approximate surface area is 209 Å². The molecule has 8 heteroatoms. The number of nitrogens with one attached hydrogen (secondary N) is 1.